The SMILES string of the molecule is CCCCC/C=C/C/C=C/CCCCCCCC(=O)OC[C@H](COP(=O)(O)OC[C@@H](O)CO)OC(=O)CCCCCCCCCCCCCCCCCCCCC. The minimum absolute atomic E-state index is 0.186. The van der Waals surface area contributed by atoms with Gasteiger partial charge in [0.15, 0.2) is 6.10 Å². The van der Waals surface area contributed by atoms with E-state index in [1.165, 1.54) is 122 Å². The Morgan fingerprint density at radius 1 is 0.526 bits per heavy atom. The van der Waals surface area contributed by atoms with E-state index in [-0.39, 0.29) is 19.4 Å². The summed E-state index contributed by atoms with van der Waals surface area (Å²) in [6.45, 7) is 2.37. The van der Waals surface area contributed by atoms with Gasteiger partial charge in [-0.05, 0) is 44.9 Å². The number of phosphoric ester groups is 1. The fourth-order valence-corrected chi connectivity index (χ4v) is 7.28. The van der Waals surface area contributed by atoms with Crippen LogP contribution in [0, 0.1) is 0 Å². The lowest BCUT2D eigenvalue weighted by Crippen LogP contribution is -2.29. The average Bonchev–Trinajstić information content (AvgIpc) is 3.20. The molecule has 0 aromatic heterocycles. The molecular formula is C46H87O10P. The topological polar surface area (TPSA) is 149 Å². The second-order valence-electron chi connectivity index (χ2n) is 15.8. The van der Waals surface area contributed by atoms with Crippen molar-refractivity contribution in [1.29, 1.82) is 0 Å². The fraction of sp³-hybridized carbons (Fsp3) is 0.870. The van der Waals surface area contributed by atoms with Crippen molar-refractivity contribution in [3.8, 4) is 0 Å². The zero-order chi connectivity index (χ0) is 41.9. The molecule has 0 rings (SSSR count). The summed E-state index contributed by atoms with van der Waals surface area (Å²) in [5.41, 5.74) is 0. The molecule has 0 heterocycles. The maximum atomic E-state index is 12.6. The fourth-order valence-electron chi connectivity index (χ4n) is 6.50. The number of aliphatic hydroxyl groups excluding tert-OH is 2. The van der Waals surface area contributed by atoms with E-state index in [4.69, 9.17) is 23.6 Å². The molecule has 0 aliphatic heterocycles. The summed E-state index contributed by atoms with van der Waals surface area (Å²) in [7, 11) is -4.62. The van der Waals surface area contributed by atoms with Gasteiger partial charge in [-0.15, -0.1) is 0 Å². The van der Waals surface area contributed by atoms with Gasteiger partial charge in [-0.1, -0.05) is 186 Å². The van der Waals surface area contributed by atoms with Crippen LogP contribution in [0.4, 0.5) is 0 Å². The molecule has 0 fully saturated rings. The van der Waals surface area contributed by atoms with E-state index >= 15 is 0 Å². The lowest BCUT2D eigenvalue weighted by atomic mass is 10.0. The van der Waals surface area contributed by atoms with Crippen molar-refractivity contribution in [2.24, 2.45) is 0 Å². The number of carbonyl (C=O) groups is 2. The molecule has 0 spiro atoms. The Labute approximate surface area is 348 Å². The first-order chi connectivity index (χ1) is 27.7. The van der Waals surface area contributed by atoms with Crippen LogP contribution in [0.15, 0.2) is 24.3 Å². The van der Waals surface area contributed by atoms with Gasteiger partial charge in [-0.2, -0.15) is 0 Å². The quantitative estimate of drug-likeness (QED) is 0.0234. The molecule has 11 heteroatoms. The third-order valence-corrected chi connectivity index (χ3v) is 11.1. The van der Waals surface area contributed by atoms with Crippen molar-refractivity contribution < 1.29 is 47.8 Å². The normalized spacial score (nSPS) is 14.0. The largest absolute Gasteiger partial charge is 0.472 e. The van der Waals surface area contributed by atoms with Crippen molar-refractivity contribution in [1.82, 2.24) is 0 Å². The number of esters is 2. The van der Waals surface area contributed by atoms with Crippen LogP contribution in [0.25, 0.3) is 0 Å². The Hall–Kier alpha value is -1.55. The Morgan fingerprint density at radius 2 is 0.912 bits per heavy atom. The number of ether oxygens (including phenoxy) is 2. The van der Waals surface area contributed by atoms with Crippen LogP contribution in [0.5, 0.6) is 0 Å². The Bertz CT molecular complexity index is 1000. The maximum absolute atomic E-state index is 12.6. The maximum Gasteiger partial charge on any atom is 0.472 e. The van der Waals surface area contributed by atoms with E-state index in [2.05, 4.69) is 38.2 Å². The van der Waals surface area contributed by atoms with Crippen LogP contribution in [0.1, 0.15) is 219 Å². The summed E-state index contributed by atoms with van der Waals surface area (Å²) in [6.07, 6.45) is 42.8. The van der Waals surface area contributed by atoms with Crippen molar-refractivity contribution in [3.63, 3.8) is 0 Å². The van der Waals surface area contributed by atoms with Crippen LogP contribution in [0.3, 0.4) is 0 Å². The van der Waals surface area contributed by atoms with Gasteiger partial charge in [0.1, 0.15) is 12.7 Å². The third-order valence-electron chi connectivity index (χ3n) is 10.1. The zero-order valence-corrected chi connectivity index (χ0v) is 37.5. The van der Waals surface area contributed by atoms with Gasteiger partial charge in [0.2, 0.25) is 0 Å². The molecular weight excluding hydrogens is 743 g/mol. The highest BCUT2D eigenvalue weighted by Crippen LogP contribution is 2.43. The predicted molar refractivity (Wildman–Crippen MR) is 233 cm³/mol. The second kappa shape index (κ2) is 42.6. The van der Waals surface area contributed by atoms with E-state index in [0.29, 0.717) is 12.8 Å². The van der Waals surface area contributed by atoms with Gasteiger partial charge in [0.25, 0.3) is 0 Å². The smallest absolute Gasteiger partial charge is 0.462 e. The van der Waals surface area contributed by atoms with Crippen LogP contribution >= 0.6 is 7.82 Å². The lowest BCUT2D eigenvalue weighted by molar-refractivity contribution is -0.161. The van der Waals surface area contributed by atoms with Gasteiger partial charge in [-0.25, -0.2) is 4.57 Å². The molecule has 0 aliphatic rings. The van der Waals surface area contributed by atoms with E-state index in [9.17, 15) is 24.2 Å². The van der Waals surface area contributed by atoms with Crippen molar-refractivity contribution in [2.75, 3.05) is 26.4 Å². The molecule has 0 saturated carbocycles. The summed E-state index contributed by atoms with van der Waals surface area (Å²) in [6, 6.07) is 0. The Balaban J connectivity index is 4.23. The molecule has 0 saturated heterocycles. The van der Waals surface area contributed by atoms with E-state index in [1.807, 2.05) is 0 Å². The molecule has 0 amide bonds. The van der Waals surface area contributed by atoms with Gasteiger partial charge < -0.3 is 24.6 Å². The first kappa shape index (κ1) is 55.5. The second-order valence-corrected chi connectivity index (χ2v) is 17.2. The minimum Gasteiger partial charge on any atom is -0.462 e. The first-order valence-corrected chi connectivity index (χ1v) is 24.8. The van der Waals surface area contributed by atoms with Gasteiger partial charge in [-0.3, -0.25) is 18.6 Å². The molecule has 0 radical (unpaired) electrons. The lowest BCUT2D eigenvalue weighted by Gasteiger charge is -2.20. The zero-order valence-electron chi connectivity index (χ0n) is 36.6. The number of allylic oxidation sites excluding steroid dienone is 4. The molecule has 0 aliphatic carbocycles. The molecule has 57 heavy (non-hydrogen) atoms. The van der Waals surface area contributed by atoms with Crippen molar-refractivity contribution in [3.05, 3.63) is 24.3 Å². The highest BCUT2D eigenvalue weighted by Gasteiger charge is 2.27. The monoisotopic (exact) mass is 831 g/mol. The molecule has 336 valence electrons. The van der Waals surface area contributed by atoms with Crippen molar-refractivity contribution >= 4 is 19.8 Å². The highest BCUT2D eigenvalue weighted by molar-refractivity contribution is 7.47. The number of carbonyl (C=O) groups excluding carboxylic acids is 2. The Morgan fingerprint density at radius 3 is 1.39 bits per heavy atom. The molecule has 0 aromatic rings. The van der Waals surface area contributed by atoms with Crippen LogP contribution in [0.2, 0.25) is 0 Å². The number of hydrogen-bond acceptors (Lipinski definition) is 9. The van der Waals surface area contributed by atoms with Crippen LogP contribution in [-0.4, -0.2) is 65.7 Å². The number of phosphoric acid groups is 1. The van der Waals surface area contributed by atoms with Gasteiger partial charge >= 0.3 is 19.8 Å². The molecule has 3 N–H and O–H groups in total. The van der Waals surface area contributed by atoms with Crippen molar-refractivity contribution in [2.45, 2.75) is 232 Å². The predicted octanol–water partition coefficient (Wildman–Crippen LogP) is 12.6. The highest BCUT2D eigenvalue weighted by atomic mass is 31.2. The van der Waals surface area contributed by atoms with E-state index in [0.717, 1.165) is 57.8 Å². The number of rotatable bonds is 44. The van der Waals surface area contributed by atoms with E-state index < -0.39 is 51.8 Å². The summed E-state index contributed by atoms with van der Waals surface area (Å²) in [5, 5.41) is 18.4. The molecule has 10 nitrogen and oxygen atoms in total. The summed E-state index contributed by atoms with van der Waals surface area (Å²) < 4.78 is 32.8. The Kier molecular flexibility index (Phi) is 41.4. The van der Waals surface area contributed by atoms with Gasteiger partial charge in [0.05, 0.1) is 19.8 Å². The van der Waals surface area contributed by atoms with Gasteiger partial charge in [0, 0.05) is 12.8 Å². The number of aliphatic hydroxyl groups is 2. The average molecular weight is 831 g/mol. The molecule has 1 unspecified atom stereocenters. The summed E-state index contributed by atoms with van der Waals surface area (Å²) >= 11 is 0. The number of unbranched alkanes of at least 4 members (excludes halogenated alkanes) is 26. The molecule has 3 atom stereocenters. The number of hydrogen-bond donors (Lipinski definition) is 3. The third kappa shape index (κ3) is 42.4. The minimum atomic E-state index is -4.62. The first-order valence-electron chi connectivity index (χ1n) is 23.3. The van der Waals surface area contributed by atoms with Crippen LogP contribution in [-0.2, 0) is 32.7 Å². The summed E-state index contributed by atoms with van der Waals surface area (Å²) in [4.78, 5) is 35.0. The summed E-state index contributed by atoms with van der Waals surface area (Å²) in [5.74, 6) is -0.931. The standard InChI is InChI=1S/C46H87O10P/c1-3-5-7-9-11-13-15-17-19-20-21-22-24-26-28-30-32-34-36-38-46(50)56-44(42-55-57(51,52)54-40-43(48)39-47)41-53-45(49)37-35-33-31-29-27-25-23-18-16-14-12-10-8-6-4-2/h12,14,18,23,43-44,47-48H,3-11,13,15-17,19-22,24-42H2,1-2H3,(H,51,52)/b14-12+,23-18+/t43-,44+/m0/s1. The molecule has 0 bridgehead atoms. The van der Waals surface area contributed by atoms with E-state index in [1.54, 1.807) is 0 Å². The van der Waals surface area contributed by atoms with Crippen LogP contribution < -0.4 is 0 Å². The molecule has 0 aromatic carbocycles.